The normalized spacial score (nSPS) is 29.1. The summed E-state index contributed by atoms with van der Waals surface area (Å²) in [5, 5.41) is 3.92. The van der Waals surface area contributed by atoms with E-state index in [2.05, 4.69) is 35.2 Å². The zero-order valence-electron chi connectivity index (χ0n) is 12.9. The Morgan fingerprint density at radius 2 is 1.89 bits per heavy atom. The first-order chi connectivity index (χ1) is 9.28. The van der Waals surface area contributed by atoms with Gasteiger partial charge >= 0.3 is 0 Å². The molecular weight excluding hydrogens is 252 g/mol. The molecule has 0 radical (unpaired) electrons. The number of hydrogen-bond donors (Lipinski definition) is 1. The first-order valence-electron chi connectivity index (χ1n) is 8.29. The topological polar surface area (TPSA) is 15.3 Å². The zero-order valence-corrected chi connectivity index (χ0v) is 13.7. The van der Waals surface area contributed by atoms with E-state index in [9.17, 15) is 0 Å². The second kappa shape index (κ2) is 7.90. The average molecular weight is 285 g/mol. The van der Waals surface area contributed by atoms with Crippen LogP contribution in [0.4, 0.5) is 0 Å². The molecule has 0 amide bonds. The molecule has 1 heterocycles. The minimum absolute atomic E-state index is 0.551. The minimum Gasteiger partial charge on any atom is -0.313 e. The molecule has 1 aliphatic heterocycles. The minimum atomic E-state index is 0.551. The molecule has 0 aromatic heterocycles. The lowest BCUT2D eigenvalue weighted by Gasteiger charge is -2.37. The Labute approximate surface area is 124 Å². The van der Waals surface area contributed by atoms with Crippen LogP contribution in [0, 0.1) is 0 Å². The Morgan fingerprint density at radius 3 is 2.58 bits per heavy atom. The summed E-state index contributed by atoms with van der Waals surface area (Å²) in [6, 6.07) is 0.766. The van der Waals surface area contributed by atoms with Crippen LogP contribution in [0.15, 0.2) is 0 Å². The summed E-state index contributed by atoms with van der Waals surface area (Å²) in [7, 11) is 0. The molecule has 0 aromatic rings. The third-order valence-corrected chi connectivity index (χ3v) is 6.60. The van der Waals surface area contributed by atoms with Gasteiger partial charge in [-0.1, -0.05) is 26.2 Å². The lowest BCUT2D eigenvalue weighted by molar-refractivity contribution is 0.295. The average Bonchev–Trinajstić information content (AvgIpc) is 2.71. The third-order valence-electron chi connectivity index (χ3n) is 5.18. The highest BCUT2D eigenvalue weighted by Crippen LogP contribution is 2.38. The monoisotopic (exact) mass is 284 g/mol. The van der Waals surface area contributed by atoms with Gasteiger partial charge in [0.25, 0.3) is 0 Å². The molecule has 112 valence electrons. The predicted molar refractivity (Wildman–Crippen MR) is 87.1 cm³/mol. The van der Waals surface area contributed by atoms with Crippen molar-refractivity contribution in [2.45, 2.75) is 69.1 Å². The van der Waals surface area contributed by atoms with Crippen molar-refractivity contribution >= 4 is 11.8 Å². The largest absolute Gasteiger partial charge is 0.313 e. The van der Waals surface area contributed by atoms with E-state index in [4.69, 9.17) is 0 Å². The number of hydrogen-bond acceptors (Lipinski definition) is 3. The van der Waals surface area contributed by atoms with Crippen molar-refractivity contribution in [2.24, 2.45) is 0 Å². The highest BCUT2D eigenvalue weighted by Gasteiger charge is 2.31. The molecule has 0 spiro atoms. The molecule has 2 fully saturated rings. The number of nitrogens with one attached hydrogen (secondary N) is 1. The number of nitrogens with zero attached hydrogens (tertiary/aromatic N) is 1. The van der Waals surface area contributed by atoms with E-state index in [1.54, 1.807) is 0 Å². The van der Waals surface area contributed by atoms with Gasteiger partial charge in [-0.25, -0.2) is 0 Å². The summed E-state index contributed by atoms with van der Waals surface area (Å²) in [6.07, 6.45) is 13.6. The van der Waals surface area contributed by atoms with Gasteiger partial charge in [-0.15, -0.1) is 0 Å². The molecule has 3 heteroatoms. The lowest BCUT2D eigenvalue weighted by atomic mass is 9.88. The zero-order chi connectivity index (χ0) is 13.6. The maximum atomic E-state index is 3.92. The molecule has 1 atom stereocenters. The molecular formula is C16H32N2S. The first kappa shape index (κ1) is 15.7. The molecule has 19 heavy (non-hydrogen) atoms. The summed E-state index contributed by atoms with van der Waals surface area (Å²) < 4.78 is 0.551. The lowest BCUT2D eigenvalue weighted by Crippen LogP contribution is -2.43. The molecule has 1 N–H and O–H groups in total. The highest BCUT2D eigenvalue weighted by molar-refractivity contribution is 8.00. The Balaban J connectivity index is 1.77. The van der Waals surface area contributed by atoms with Crippen molar-refractivity contribution in [2.75, 3.05) is 32.4 Å². The van der Waals surface area contributed by atoms with Crippen molar-refractivity contribution in [3.05, 3.63) is 0 Å². The van der Waals surface area contributed by atoms with Gasteiger partial charge in [0.1, 0.15) is 0 Å². The van der Waals surface area contributed by atoms with Gasteiger partial charge in [-0.2, -0.15) is 11.8 Å². The highest BCUT2D eigenvalue weighted by atomic mass is 32.2. The van der Waals surface area contributed by atoms with E-state index in [0.29, 0.717) is 4.75 Å². The maximum absolute atomic E-state index is 3.92. The fraction of sp³-hybridized carbons (Fsp3) is 1.00. The smallest absolute Gasteiger partial charge is 0.0281 e. The van der Waals surface area contributed by atoms with Crippen LogP contribution in [0.5, 0.6) is 0 Å². The molecule has 2 rings (SSSR count). The summed E-state index contributed by atoms with van der Waals surface area (Å²) in [6.45, 7) is 7.35. The molecule has 2 nitrogen and oxygen atoms in total. The number of likely N-dealkylation sites (tertiary alicyclic amines) is 1. The van der Waals surface area contributed by atoms with Crippen molar-refractivity contribution in [3.8, 4) is 0 Å². The Hall–Kier alpha value is 0.270. The van der Waals surface area contributed by atoms with E-state index in [0.717, 1.165) is 6.04 Å². The van der Waals surface area contributed by atoms with Gasteiger partial charge in [0, 0.05) is 17.3 Å². The van der Waals surface area contributed by atoms with Crippen molar-refractivity contribution in [3.63, 3.8) is 0 Å². The van der Waals surface area contributed by atoms with E-state index < -0.39 is 0 Å². The second-order valence-corrected chi connectivity index (χ2v) is 7.67. The summed E-state index contributed by atoms with van der Waals surface area (Å²) in [4.78, 5) is 2.60. The Morgan fingerprint density at radius 1 is 1.11 bits per heavy atom. The van der Waals surface area contributed by atoms with Crippen molar-refractivity contribution in [1.29, 1.82) is 0 Å². The van der Waals surface area contributed by atoms with Crippen molar-refractivity contribution in [1.82, 2.24) is 10.2 Å². The van der Waals surface area contributed by atoms with Crippen LogP contribution in [0.1, 0.15) is 58.3 Å². The van der Waals surface area contributed by atoms with Gasteiger partial charge in [-0.3, -0.25) is 0 Å². The number of rotatable bonds is 5. The molecule has 1 saturated carbocycles. The van der Waals surface area contributed by atoms with Crippen LogP contribution in [-0.4, -0.2) is 48.1 Å². The van der Waals surface area contributed by atoms with E-state index in [-0.39, 0.29) is 0 Å². The summed E-state index contributed by atoms with van der Waals surface area (Å²) in [5.74, 6) is 0. The molecule has 1 unspecified atom stereocenters. The number of thioether (sulfide) groups is 1. The van der Waals surface area contributed by atoms with Crippen LogP contribution in [0.25, 0.3) is 0 Å². The maximum Gasteiger partial charge on any atom is 0.0281 e. The van der Waals surface area contributed by atoms with E-state index in [1.165, 1.54) is 77.5 Å². The quantitative estimate of drug-likeness (QED) is 0.831. The van der Waals surface area contributed by atoms with Crippen LogP contribution in [0.2, 0.25) is 0 Å². The summed E-state index contributed by atoms with van der Waals surface area (Å²) in [5.41, 5.74) is 0. The van der Waals surface area contributed by atoms with Gasteiger partial charge in [0.15, 0.2) is 0 Å². The Kier molecular flexibility index (Phi) is 6.51. The summed E-state index contributed by atoms with van der Waals surface area (Å²) >= 11 is 2.12. The fourth-order valence-electron chi connectivity index (χ4n) is 3.66. The van der Waals surface area contributed by atoms with Gasteiger partial charge in [0.05, 0.1) is 0 Å². The van der Waals surface area contributed by atoms with E-state index in [1.807, 2.05) is 0 Å². The standard InChI is InChI=1S/C16H32N2S/c1-3-18-12-7-8-15(9-13-18)17-14-16(19-2)10-5-4-6-11-16/h15,17H,3-14H2,1-2H3. The fourth-order valence-corrected chi connectivity index (χ4v) is 4.58. The van der Waals surface area contributed by atoms with Crippen LogP contribution < -0.4 is 5.32 Å². The molecule has 0 aromatic carbocycles. The first-order valence-corrected chi connectivity index (χ1v) is 9.51. The van der Waals surface area contributed by atoms with Crippen molar-refractivity contribution < 1.29 is 0 Å². The van der Waals surface area contributed by atoms with Gasteiger partial charge < -0.3 is 10.2 Å². The van der Waals surface area contributed by atoms with Gasteiger partial charge in [0.2, 0.25) is 0 Å². The Bertz CT molecular complexity index is 251. The van der Waals surface area contributed by atoms with Crippen LogP contribution in [-0.2, 0) is 0 Å². The van der Waals surface area contributed by atoms with Gasteiger partial charge in [-0.05, 0) is 58.0 Å². The predicted octanol–water partition coefficient (Wildman–Crippen LogP) is 3.52. The van der Waals surface area contributed by atoms with E-state index >= 15 is 0 Å². The van der Waals surface area contributed by atoms with Crippen LogP contribution >= 0.6 is 11.8 Å². The second-order valence-electron chi connectivity index (χ2n) is 6.39. The molecule has 0 bridgehead atoms. The molecule has 1 aliphatic carbocycles. The molecule has 1 saturated heterocycles. The molecule has 2 aliphatic rings. The van der Waals surface area contributed by atoms with Crippen LogP contribution in [0.3, 0.4) is 0 Å². The SMILES string of the molecule is CCN1CCCC(NCC2(SC)CCCCC2)CC1. The third kappa shape index (κ3) is 4.64.